The van der Waals surface area contributed by atoms with Crippen LogP contribution in [0.3, 0.4) is 0 Å². The third-order valence-electron chi connectivity index (χ3n) is 4.57. The fraction of sp³-hybridized carbons (Fsp3) is 0.316. The molecule has 2 aromatic rings. The third-order valence-corrected chi connectivity index (χ3v) is 4.57. The number of quaternary nitrogens is 1. The maximum absolute atomic E-state index is 13.1. The van der Waals surface area contributed by atoms with Crippen molar-refractivity contribution in [3.05, 3.63) is 59.7 Å². The molecule has 0 radical (unpaired) electrons. The largest absolute Gasteiger partial charge is 0.416 e. The van der Waals surface area contributed by atoms with Crippen LogP contribution in [0.4, 0.5) is 24.5 Å². The van der Waals surface area contributed by atoms with E-state index in [9.17, 15) is 18.0 Å². The molecule has 3 rings (SSSR count). The molecule has 1 amide bonds. The molecule has 138 valence electrons. The number of piperazine rings is 1. The molecule has 7 heteroatoms. The molecule has 1 fully saturated rings. The van der Waals surface area contributed by atoms with Gasteiger partial charge in [-0.2, -0.15) is 13.2 Å². The van der Waals surface area contributed by atoms with E-state index in [0.717, 1.165) is 38.3 Å². The van der Waals surface area contributed by atoms with Crippen LogP contribution in [-0.2, 0) is 6.18 Å². The molecule has 2 aromatic carbocycles. The summed E-state index contributed by atoms with van der Waals surface area (Å²) in [6.45, 7) is 3.25. The zero-order chi connectivity index (χ0) is 18.7. The fourth-order valence-electron chi connectivity index (χ4n) is 3.00. The Balaban J connectivity index is 1.92. The first-order valence-electron chi connectivity index (χ1n) is 8.48. The van der Waals surface area contributed by atoms with Gasteiger partial charge < -0.3 is 15.1 Å². The molecule has 1 aliphatic heterocycles. The van der Waals surface area contributed by atoms with Crippen LogP contribution in [0.5, 0.6) is 0 Å². The topological polar surface area (TPSA) is 36.8 Å². The number of nitrogens with one attached hydrogen (secondary N) is 2. The summed E-state index contributed by atoms with van der Waals surface area (Å²) in [5.41, 5.74) is 0.436. The SMILES string of the molecule is C[NH+]1CCN(c2ccc(C(F)(F)F)cc2NC(=O)c2ccccc2)CC1. The number of rotatable bonds is 3. The summed E-state index contributed by atoms with van der Waals surface area (Å²) in [6, 6.07) is 12.0. The van der Waals surface area contributed by atoms with Gasteiger partial charge in [-0.15, -0.1) is 0 Å². The summed E-state index contributed by atoms with van der Waals surface area (Å²) < 4.78 is 39.4. The number of nitrogens with zero attached hydrogens (tertiary/aromatic N) is 1. The van der Waals surface area contributed by atoms with E-state index < -0.39 is 17.6 Å². The van der Waals surface area contributed by atoms with Crippen LogP contribution < -0.4 is 15.1 Å². The van der Waals surface area contributed by atoms with E-state index >= 15 is 0 Å². The van der Waals surface area contributed by atoms with E-state index in [0.29, 0.717) is 11.3 Å². The second-order valence-electron chi connectivity index (χ2n) is 6.49. The van der Waals surface area contributed by atoms with Crippen molar-refractivity contribution in [2.45, 2.75) is 6.18 Å². The number of carbonyl (C=O) groups is 1. The fourth-order valence-corrected chi connectivity index (χ4v) is 3.00. The minimum absolute atomic E-state index is 0.188. The summed E-state index contributed by atoms with van der Waals surface area (Å²) in [4.78, 5) is 15.8. The zero-order valence-electron chi connectivity index (χ0n) is 14.4. The summed E-state index contributed by atoms with van der Waals surface area (Å²) in [6.07, 6.45) is -4.46. The summed E-state index contributed by atoms with van der Waals surface area (Å²) in [5, 5.41) is 2.66. The van der Waals surface area contributed by atoms with Crippen LogP contribution in [0.25, 0.3) is 0 Å². The summed E-state index contributed by atoms with van der Waals surface area (Å²) >= 11 is 0. The van der Waals surface area contributed by atoms with Crippen molar-refractivity contribution in [2.75, 3.05) is 43.4 Å². The molecule has 26 heavy (non-hydrogen) atoms. The molecule has 1 aliphatic rings. The number of amides is 1. The average Bonchev–Trinajstić information content (AvgIpc) is 2.62. The highest BCUT2D eigenvalue weighted by atomic mass is 19.4. The lowest BCUT2D eigenvalue weighted by molar-refractivity contribution is -0.880. The van der Waals surface area contributed by atoms with Gasteiger partial charge in [0.15, 0.2) is 0 Å². The lowest BCUT2D eigenvalue weighted by Gasteiger charge is -2.33. The summed E-state index contributed by atoms with van der Waals surface area (Å²) in [5.74, 6) is -0.425. The van der Waals surface area contributed by atoms with Crippen LogP contribution in [0.2, 0.25) is 0 Å². The van der Waals surface area contributed by atoms with Gasteiger partial charge in [0.25, 0.3) is 5.91 Å². The van der Waals surface area contributed by atoms with Gasteiger partial charge in [0.05, 0.1) is 50.2 Å². The number of benzene rings is 2. The monoisotopic (exact) mass is 364 g/mol. The van der Waals surface area contributed by atoms with Crippen LogP contribution >= 0.6 is 0 Å². The molecule has 0 spiro atoms. The van der Waals surface area contributed by atoms with Crippen molar-refractivity contribution in [1.82, 2.24) is 0 Å². The molecule has 0 saturated carbocycles. The van der Waals surface area contributed by atoms with E-state index in [2.05, 4.69) is 12.4 Å². The Morgan fingerprint density at radius 1 is 1.08 bits per heavy atom. The number of hydrogen-bond acceptors (Lipinski definition) is 2. The van der Waals surface area contributed by atoms with Gasteiger partial charge in [0.1, 0.15) is 0 Å². The first-order chi connectivity index (χ1) is 12.3. The van der Waals surface area contributed by atoms with E-state index in [1.807, 2.05) is 4.90 Å². The Bertz CT molecular complexity index is 769. The van der Waals surface area contributed by atoms with Crippen LogP contribution in [0.1, 0.15) is 15.9 Å². The maximum atomic E-state index is 13.1. The Kier molecular flexibility index (Phi) is 5.18. The van der Waals surface area contributed by atoms with Crippen molar-refractivity contribution < 1.29 is 22.9 Å². The zero-order valence-corrected chi connectivity index (χ0v) is 14.4. The van der Waals surface area contributed by atoms with Crippen molar-refractivity contribution in [3.8, 4) is 0 Å². The Morgan fingerprint density at radius 3 is 2.35 bits per heavy atom. The van der Waals surface area contributed by atoms with Gasteiger partial charge in [-0.1, -0.05) is 18.2 Å². The smallest absolute Gasteiger partial charge is 0.359 e. The molecule has 1 heterocycles. The average molecular weight is 364 g/mol. The molecule has 1 saturated heterocycles. The van der Waals surface area contributed by atoms with Gasteiger partial charge >= 0.3 is 6.18 Å². The number of halogens is 3. The predicted molar refractivity (Wildman–Crippen MR) is 94.7 cm³/mol. The van der Waals surface area contributed by atoms with Crippen LogP contribution in [0, 0.1) is 0 Å². The van der Waals surface area contributed by atoms with Gasteiger partial charge in [0, 0.05) is 5.56 Å². The Hall–Kier alpha value is -2.54. The van der Waals surface area contributed by atoms with E-state index in [1.54, 1.807) is 30.3 Å². The quantitative estimate of drug-likeness (QED) is 0.877. The maximum Gasteiger partial charge on any atom is 0.416 e. The Morgan fingerprint density at radius 2 is 1.73 bits per heavy atom. The van der Waals surface area contributed by atoms with E-state index in [4.69, 9.17) is 0 Å². The predicted octanol–water partition coefficient (Wildman–Crippen LogP) is 2.29. The van der Waals surface area contributed by atoms with E-state index in [-0.39, 0.29) is 5.69 Å². The molecule has 4 nitrogen and oxygen atoms in total. The van der Waals surface area contributed by atoms with Gasteiger partial charge in [0.2, 0.25) is 0 Å². The van der Waals surface area contributed by atoms with Crippen LogP contribution in [-0.4, -0.2) is 39.1 Å². The molecule has 2 N–H and O–H groups in total. The highest BCUT2D eigenvalue weighted by Crippen LogP contribution is 2.35. The summed E-state index contributed by atoms with van der Waals surface area (Å²) in [7, 11) is 2.09. The number of alkyl halides is 3. The van der Waals surface area contributed by atoms with Gasteiger partial charge in [-0.25, -0.2) is 0 Å². The van der Waals surface area contributed by atoms with Crippen molar-refractivity contribution in [1.29, 1.82) is 0 Å². The molecular formula is C19H21F3N3O+. The molecule has 0 aromatic heterocycles. The van der Waals surface area contributed by atoms with Crippen LogP contribution in [0.15, 0.2) is 48.5 Å². The standard InChI is InChI=1S/C19H20F3N3O/c1-24-9-11-25(12-10-24)17-8-7-15(19(20,21)22)13-16(17)23-18(26)14-5-3-2-4-6-14/h2-8,13H,9-12H2,1H3,(H,23,26)/p+1. The highest BCUT2D eigenvalue weighted by Gasteiger charge is 2.32. The van der Waals surface area contributed by atoms with Crippen molar-refractivity contribution in [3.63, 3.8) is 0 Å². The van der Waals surface area contributed by atoms with Crippen molar-refractivity contribution in [2.24, 2.45) is 0 Å². The highest BCUT2D eigenvalue weighted by molar-refractivity contribution is 6.06. The number of likely N-dealkylation sites (N-methyl/N-ethyl adjacent to an activating group) is 1. The Labute approximate surface area is 150 Å². The number of carbonyl (C=O) groups excluding carboxylic acids is 1. The molecule has 0 aliphatic carbocycles. The minimum Gasteiger partial charge on any atom is -0.359 e. The normalized spacial score (nSPS) is 15.8. The van der Waals surface area contributed by atoms with E-state index in [1.165, 1.54) is 11.0 Å². The molecule has 0 unspecified atom stereocenters. The van der Waals surface area contributed by atoms with Gasteiger partial charge in [-0.3, -0.25) is 4.79 Å². The first kappa shape index (κ1) is 18.3. The lowest BCUT2D eigenvalue weighted by Crippen LogP contribution is -3.12. The lowest BCUT2D eigenvalue weighted by atomic mass is 10.1. The number of hydrogen-bond donors (Lipinski definition) is 2. The van der Waals surface area contributed by atoms with Crippen molar-refractivity contribution >= 4 is 17.3 Å². The third kappa shape index (κ3) is 4.16. The molecule has 0 atom stereocenters. The second-order valence-corrected chi connectivity index (χ2v) is 6.49. The molecular weight excluding hydrogens is 343 g/mol. The number of anilines is 2. The second kappa shape index (κ2) is 7.37. The molecule has 0 bridgehead atoms. The van der Waals surface area contributed by atoms with Gasteiger partial charge in [-0.05, 0) is 30.3 Å². The minimum atomic E-state index is -4.46. The first-order valence-corrected chi connectivity index (χ1v) is 8.48.